The zero-order chi connectivity index (χ0) is 15.1. The van der Waals surface area contributed by atoms with Crippen molar-refractivity contribution in [1.82, 2.24) is 25.5 Å². The van der Waals surface area contributed by atoms with Crippen molar-refractivity contribution >= 4 is 29.9 Å². The van der Waals surface area contributed by atoms with Crippen molar-refractivity contribution in [3.63, 3.8) is 0 Å². The van der Waals surface area contributed by atoms with Crippen LogP contribution in [0.2, 0.25) is 0 Å². The molecule has 0 saturated heterocycles. The summed E-state index contributed by atoms with van der Waals surface area (Å²) in [5.74, 6) is -0.625. The fraction of sp³-hybridized carbons (Fsp3) is 0.250. The largest absolute Gasteiger partial charge is 0.351 e. The lowest BCUT2D eigenvalue weighted by atomic mass is 10.1. The average molecular weight is 326 g/mol. The maximum atomic E-state index is 12.0. The normalized spacial score (nSPS) is 9.68. The van der Waals surface area contributed by atoms with Gasteiger partial charge in [-0.25, -0.2) is 4.68 Å². The molecular formula is C12H16ClN7O2. The lowest BCUT2D eigenvalue weighted by molar-refractivity contribution is -0.116. The highest BCUT2D eigenvalue weighted by Gasteiger charge is 2.13. The third-order valence-corrected chi connectivity index (χ3v) is 2.57. The summed E-state index contributed by atoms with van der Waals surface area (Å²) in [6.45, 7) is 0.678. The maximum Gasteiger partial charge on any atom is 0.253 e. The SMILES string of the molecule is Cl.NCCNC(=O)c1ccccc1NC(=O)Cn1cnnn1. The number of carbonyl (C=O) groups excluding carboxylic acids is 2. The fourth-order valence-corrected chi connectivity index (χ4v) is 1.66. The molecule has 0 saturated carbocycles. The van der Waals surface area contributed by atoms with Crippen molar-refractivity contribution in [2.24, 2.45) is 5.73 Å². The third-order valence-electron chi connectivity index (χ3n) is 2.57. The first-order valence-corrected chi connectivity index (χ1v) is 6.28. The van der Waals surface area contributed by atoms with Crippen LogP contribution >= 0.6 is 12.4 Å². The summed E-state index contributed by atoms with van der Waals surface area (Å²) in [5, 5.41) is 15.8. The number of benzene rings is 1. The van der Waals surface area contributed by atoms with Crippen LogP contribution in [0.25, 0.3) is 0 Å². The van der Waals surface area contributed by atoms with E-state index >= 15 is 0 Å². The van der Waals surface area contributed by atoms with Gasteiger partial charge in [0.05, 0.1) is 11.3 Å². The van der Waals surface area contributed by atoms with Crippen molar-refractivity contribution in [2.45, 2.75) is 6.54 Å². The van der Waals surface area contributed by atoms with Gasteiger partial charge >= 0.3 is 0 Å². The Bertz CT molecular complexity index is 618. The highest BCUT2D eigenvalue weighted by Crippen LogP contribution is 2.14. The molecule has 0 unspecified atom stereocenters. The Morgan fingerprint density at radius 2 is 2.05 bits per heavy atom. The minimum atomic E-state index is -0.332. The second kappa shape index (κ2) is 8.70. The van der Waals surface area contributed by atoms with Crippen molar-refractivity contribution in [2.75, 3.05) is 18.4 Å². The molecule has 0 fully saturated rings. The van der Waals surface area contributed by atoms with Gasteiger partial charge in [-0.05, 0) is 22.6 Å². The molecule has 9 nitrogen and oxygen atoms in total. The van der Waals surface area contributed by atoms with Gasteiger partial charge in [-0.15, -0.1) is 17.5 Å². The molecule has 0 aliphatic carbocycles. The monoisotopic (exact) mass is 325 g/mol. The van der Waals surface area contributed by atoms with E-state index in [4.69, 9.17) is 5.73 Å². The number of anilines is 1. The highest BCUT2D eigenvalue weighted by molar-refractivity contribution is 6.03. The van der Waals surface area contributed by atoms with Gasteiger partial charge < -0.3 is 16.4 Å². The molecule has 4 N–H and O–H groups in total. The highest BCUT2D eigenvalue weighted by atomic mass is 35.5. The summed E-state index contributed by atoms with van der Waals surface area (Å²) >= 11 is 0. The van der Waals surface area contributed by atoms with Gasteiger partial charge in [0.25, 0.3) is 5.91 Å². The Hall–Kier alpha value is -2.52. The van der Waals surface area contributed by atoms with Crippen LogP contribution in [0.3, 0.4) is 0 Å². The minimum Gasteiger partial charge on any atom is -0.351 e. The first kappa shape index (κ1) is 17.5. The minimum absolute atomic E-state index is 0. The molecule has 118 valence electrons. The van der Waals surface area contributed by atoms with Gasteiger partial charge in [0.1, 0.15) is 12.9 Å². The molecule has 22 heavy (non-hydrogen) atoms. The van der Waals surface area contributed by atoms with Crippen LogP contribution in [-0.2, 0) is 11.3 Å². The molecule has 0 bridgehead atoms. The molecular weight excluding hydrogens is 310 g/mol. The summed E-state index contributed by atoms with van der Waals surface area (Å²) in [7, 11) is 0. The van der Waals surface area contributed by atoms with Gasteiger partial charge in [-0.1, -0.05) is 12.1 Å². The number of amides is 2. The standard InChI is InChI=1S/C12H15N7O2.ClH/c13-5-6-14-12(21)9-3-1-2-4-10(9)16-11(20)7-19-8-15-17-18-19;/h1-4,8H,5-7,13H2,(H,14,21)(H,16,20);1H. The summed E-state index contributed by atoms with van der Waals surface area (Å²) in [6.07, 6.45) is 1.33. The van der Waals surface area contributed by atoms with E-state index in [0.29, 0.717) is 24.3 Å². The third kappa shape index (κ3) is 4.79. The van der Waals surface area contributed by atoms with Crippen LogP contribution in [0.1, 0.15) is 10.4 Å². The first-order chi connectivity index (χ1) is 10.2. The molecule has 0 aliphatic heterocycles. The number of hydrogen-bond donors (Lipinski definition) is 3. The molecule has 2 amide bonds. The molecule has 0 atom stereocenters. The zero-order valence-electron chi connectivity index (χ0n) is 11.6. The number of halogens is 1. The van der Waals surface area contributed by atoms with Crippen LogP contribution in [0.4, 0.5) is 5.69 Å². The Labute approximate surface area is 132 Å². The molecule has 1 aromatic heterocycles. The number of nitrogens with two attached hydrogens (primary N) is 1. The summed E-state index contributed by atoms with van der Waals surface area (Å²) < 4.78 is 1.28. The van der Waals surface area contributed by atoms with Crippen LogP contribution in [0, 0.1) is 0 Å². The van der Waals surface area contributed by atoms with Gasteiger partial charge in [0.2, 0.25) is 5.91 Å². The molecule has 1 heterocycles. The Morgan fingerprint density at radius 3 is 2.73 bits per heavy atom. The van der Waals surface area contributed by atoms with E-state index in [1.165, 1.54) is 11.0 Å². The van der Waals surface area contributed by atoms with Crippen LogP contribution in [-0.4, -0.2) is 45.1 Å². The number of para-hydroxylation sites is 1. The van der Waals surface area contributed by atoms with E-state index in [1.807, 2.05) is 0 Å². The smallest absolute Gasteiger partial charge is 0.253 e. The molecule has 2 aromatic rings. The fourth-order valence-electron chi connectivity index (χ4n) is 1.66. The number of carbonyl (C=O) groups is 2. The number of nitrogens with one attached hydrogen (secondary N) is 2. The van der Waals surface area contributed by atoms with E-state index in [-0.39, 0.29) is 30.8 Å². The molecule has 1 aromatic carbocycles. The predicted octanol–water partition coefficient (Wildman–Crippen LogP) is -0.578. The van der Waals surface area contributed by atoms with Crippen molar-refractivity contribution in [3.8, 4) is 0 Å². The van der Waals surface area contributed by atoms with Gasteiger partial charge in [-0.3, -0.25) is 9.59 Å². The number of hydrogen-bond acceptors (Lipinski definition) is 6. The van der Waals surface area contributed by atoms with Crippen molar-refractivity contribution in [1.29, 1.82) is 0 Å². The second-order valence-electron chi connectivity index (χ2n) is 4.15. The summed E-state index contributed by atoms with van der Waals surface area (Å²) in [5.41, 5.74) is 6.14. The van der Waals surface area contributed by atoms with Crippen molar-refractivity contribution in [3.05, 3.63) is 36.2 Å². The van der Waals surface area contributed by atoms with E-state index in [0.717, 1.165) is 0 Å². The number of tetrazole rings is 1. The average Bonchev–Trinajstić information content (AvgIpc) is 2.98. The van der Waals surface area contributed by atoms with Gasteiger partial charge in [0.15, 0.2) is 0 Å². The molecule has 2 rings (SSSR count). The zero-order valence-corrected chi connectivity index (χ0v) is 12.4. The van der Waals surface area contributed by atoms with E-state index in [2.05, 4.69) is 26.2 Å². The van der Waals surface area contributed by atoms with Gasteiger partial charge in [-0.2, -0.15) is 0 Å². The van der Waals surface area contributed by atoms with Crippen molar-refractivity contribution < 1.29 is 9.59 Å². The van der Waals surface area contributed by atoms with Crippen LogP contribution < -0.4 is 16.4 Å². The maximum absolute atomic E-state index is 12.0. The van der Waals surface area contributed by atoms with E-state index in [9.17, 15) is 9.59 Å². The summed E-state index contributed by atoms with van der Waals surface area (Å²) in [6, 6.07) is 6.72. The lowest BCUT2D eigenvalue weighted by Gasteiger charge is -2.10. The molecule has 0 radical (unpaired) electrons. The first-order valence-electron chi connectivity index (χ1n) is 6.28. The number of aromatic nitrogens is 4. The molecule has 0 spiro atoms. The Morgan fingerprint density at radius 1 is 1.27 bits per heavy atom. The summed E-state index contributed by atoms with van der Waals surface area (Å²) in [4.78, 5) is 23.9. The molecule has 10 heteroatoms. The van der Waals surface area contributed by atoms with Crippen LogP contribution in [0.15, 0.2) is 30.6 Å². The van der Waals surface area contributed by atoms with E-state index < -0.39 is 0 Å². The van der Waals surface area contributed by atoms with Gasteiger partial charge in [0, 0.05) is 13.1 Å². The van der Waals surface area contributed by atoms with Crippen LogP contribution in [0.5, 0.6) is 0 Å². The Kier molecular flexibility index (Phi) is 6.93. The lowest BCUT2D eigenvalue weighted by Crippen LogP contribution is -2.30. The Balaban J connectivity index is 0.00000242. The quantitative estimate of drug-likeness (QED) is 0.652. The predicted molar refractivity (Wildman–Crippen MR) is 81.5 cm³/mol. The molecule has 0 aliphatic rings. The number of nitrogens with zero attached hydrogens (tertiary/aromatic N) is 4. The topological polar surface area (TPSA) is 128 Å². The van der Waals surface area contributed by atoms with E-state index in [1.54, 1.807) is 24.3 Å². The second-order valence-corrected chi connectivity index (χ2v) is 4.15. The number of rotatable bonds is 6.